The number of hydrogen-bond donors (Lipinski definition) is 0. The molecule has 6 nitrogen and oxygen atoms in total. The Balaban J connectivity index is 1.30. The topological polar surface area (TPSA) is 60.2 Å². The predicted octanol–water partition coefficient (Wildman–Crippen LogP) is 3.65. The molecule has 1 aromatic carbocycles. The number of nitrogens with zero attached hydrogens (tertiary/aromatic N) is 4. The smallest absolute Gasteiger partial charge is 0.255 e. The molecule has 3 aromatic rings. The molecule has 0 atom stereocenters. The summed E-state index contributed by atoms with van der Waals surface area (Å²) in [5.41, 5.74) is 3.38. The van der Waals surface area contributed by atoms with Crippen molar-refractivity contribution in [2.45, 2.75) is 44.2 Å². The van der Waals surface area contributed by atoms with Gasteiger partial charge in [0.05, 0.1) is 24.0 Å². The van der Waals surface area contributed by atoms with Crippen molar-refractivity contribution >= 4 is 17.1 Å². The maximum atomic E-state index is 13.0. The van der Waals surface area contributed by atoms with Crippen molar-refractivity contribution in [1.82, 2.24) is 19.4 Å². The normalized spacial score (nSPS) is 19.0. The number of ether oxygens (including phenoxy) is 1. The third-order valence-electron chi connectivity index (χ3n) is 6.30. The first-order valence-corrected chi connectivity index (χ1v) is 10.5. The number of hydrogen-bond acceptors (Lipinski definition) is 4. The summed E-state index contributed by atoms with van der Waals surface area (Å²) in [7, 11) is 0. The summed E-state index contributed by atoms with van der Waals surface area (Å²) < 4.78 is 8.10. The second-order valence-corrected chi connectivity index (χ2v) is 8.21. The van der Waals surface area contributed by atoms with Gasteiger partial charge in [-0.25, -0.2) is 9.97 Å². The molecule has 6 heteroatoms. The van der Waals surface area contributed by atoms with Gasteiger partial charge in [0, 0.05) is 25.9 Å². The fourth-order valence-corrected chi connectivity index (χ4v) is 4.57. The molecular formula is C23H26N4O2. The van der Waals surface area contributed by atoms with Crippen molar-refractivity contribution in [3.05, 3.63) is 60.0 Å². The minimum atomic E-state index is 0.00739. The Labute approximate surface area is 170 Å². The zero-order valence-corrected chi connectivity index (χ0v) is 16.6. The second kappa shape index (κ2) is 7.59. The summed E-state index contributed by atoms with van der Waals surface area (Å²) in [6.45, 7) is 3.07. The largest absolute Gasteiger partial charge is 0.375 e. The average Bonchev–Trinajstić information content (AvgIpc) is 3.17. The summed E-state index contributed by atoms with van der Waals surface area (Å²) in [6, 6.07) is 12.1. The van der Waals surface area contributed by atoms with Crippen molar-refractivity contribution < 1.29 is 9.53 Å². The molecule has 4 heterocycles. The lowest BCUT2D eigenvalue weighted by molar-refractivity contribution is -0.107. The number of imidazole rings is 1. The van der Waals surface area contributed by atoms with Crippen LogP contribution in [-0.2, 0) is 11.3 Å². The number of rotatable bonds is 3. The highest BCUT2D eigenvalue weighted by molar-refractivity contribution is 5.96. The van der Waals surface area contributed by atoms with Crippen molar-refractivity contribution in [2.24, 2.45) is 0 Å². The van der Waals surface area contributed by atoms with Crippen molar-refractivity contribution in [3.63, 3.8) is 0 Å². The molecule has 2 saturated heterocycles. The lowest BCUT2D eigenvalue weighted by atomic mass is 9.84. The molecule has 0 radical (unpaired) electrons. The number of fused-ring (bicyclic) bond motifs is 1. The van der Waals surface area contributed by atoms with Crippen LogP contribution in [0.15, 0.2) is 48.9 Å². The van der Waals surface area contributed by atoms with Crippen LogP contribution in [0.3, 0.4) is 0 Å². The number of piperidine rings is 1. The third-order valence-corrected chi connectivity index (χ3v) is 6.30. The Morgan fingerprint density at radius 3 is 2.66 bits per heavy atom. The Morgan fingerprint density at radius 1 is 1.07 bits per heavy atom. The van der Waals surface area contributed by atoms with Crippen LogP contribution >= 0.6 is 0 Å². The van der Waals surface area contributed by atoms with E-state index in [9.17, 15) is 4.79 Å². The Kier molecular flexibility index (Phi) is 4.79. The van der Waals surface area contributed by atoms with Gasteiger partial charge in [0.2, 0.25) is 0 Å². The first-order chi connectivity index (χ1) is 14.2. The molecule has 0 aliphatic carbocycles. The molecule has 2 fully saturated rings. The van der Waals surface area contributed by atoms with E-state index in [1.165, 1.54) is 12.0 Å². The Morgan fingerprint density at radius 2 is 1.90 bits per heavy atom. The molecule has 0 bridgehead atoms. The molecular weight excluding hydrogens is 364 g/mol. The Bertz CT molecular complexity index is 998. The van der Waals surface area contributed by atoms with E-state index in [0.717, 1.165) is 56.5 Å². The van der Waals surface area contributed by atoms with E-state index in [-0.39, 0.29) is 11.5 Å². The predicted molar refractivity (Wildman–Crippen MR) is 111 cm³/mol. The van der Waals surface area contributed by atoms with Crippen LogP contribution in [0.1, 0.15) is 48.0 Å². The van der Waals surface area contributed by atoms with Gasteiger partial charge >= 0.3 is 0 Å². The van der Waals surface area contributed by atoms with Gasteiger partial charge in [-0.05, 0) is 43.7 Å². The summed E-state index contributed by atoms with van der Waals surface area (Å²) >= 11 is 0. The highest BCUT2D eigenvalue weighted by atomic mass is 16.5. The highest BCUT2D eigenvalue weighted by Gasteiger charge is 2.38. The maximum Gasteiger partial charge on any atom is 0.255 e. The van der Waals surface area contributed by atoms with Gasteiger partial charge in [0.25, 0.3) is 5.91 Å². The molecule has 1 amide bonds. The number of carbonyl (C=O) groups excluding carboxylic acids is 1. The number of carbonyl (C=O) groups is 1. The van der Waals surface area contributed by atoms with E-state index < -0.39 is 0 Å². The molecule has 0 saturated carbocycles. The van der Waals surface area contributed by atoms with E-state index >= 15 is 0 Å². The van der Waals surface area contributed by atoms with E-state index in [1.54, 1.807) is 12.5 Å². The number of pyridine rings is 1. The van der Waals surface area contributed by atoms with Crippen molar-refractivity contribution in [1.29, 1.82) is 0 Å². The van der Waals surface area contributed by atoms with E-state index in [1.807, 2.05) is 33.7 Å². The van der Waals surface area contributed by atoms with Crippen LogP contribution in [-0.4, -0.2) is 50.6 Å². The lowest BCUT2D eigenvalue weighted by Gasteiger charge is -2.43. The molecule has 2 aliphatic rings. The quantitative estimate of drug-likeness (QED) is 0.685. The summed E-state index contributed by atoms with van der Waals surface area (Å²) in [4.78, 5) is 24.0. The van der Waals surface area contributed by atoms with Crippen LogP contribution < -0.4 is 0 Å². The fourth-order valence-electron chi connectivity index (χ4n) is 4.57. The van der Waals surface area contributed by atoms with Gasteiger partial charge in [-0.15, -0.1) is 0 Å². The number of benzene rings is 1. The molecule has 2 aromatic heterocycles. The van der Waals surface area contributed by atoms with Gasteiger partial charge in [-0.1, -0.05) is 30.3 Å². The zero-order chi connectivity index (χ0) is 19.7. The third kappa shape index (κ3) is 3.65. The van der Waals surface area contributed by atoms with Gasteiger partial charge in [0.15, 0.2) is 5.65 Å². The maximum absolute atomic E-state index is 13.0. The second-order valence-electron chi connectivity index (χ2n) is 8.21. The van der Waals surface area contributed by atoms with Crippen LogP contribution in [0.4, 0.5) is 0 Å². The van der Waals surface area contributed by atoms with Crippen molar-refractivity contribution in [3.8, 4) is 0 Å². The lowest BCUT2D eigenvalue weighted by Crippen LogP contribution is -2.49. The molecule has 5 rings (SSSR count). The van der Waals surface area contributed by atoms with Crippen LogP contribution in [0.25, 0.3) is 11.2 Å². The first kappa shape index (κ1) is 18.3. The fraction of sp³-hybridized carbons (Fsp3) is 0.435. The van der Waals surface area contributed by atoms with E-state index in [0.29, 0.717) is 12.1 Å². The molecule has 2 aliphatic heterocycles. The minimum Gasteiger partial charge on any atom is -0.375 e. The summed E-state index contributed by atoms with van der Waals surface area (Å²) in [5, 5.41) is 0. The molecule has 0 unspecified atom stereocenters. The number of aromatic nitrogens is 3. The standard InChI is InChI=1S/C23H26N4O2/c28-22(26-11-9-23(10-12-26)8-4-5-13-29-23)19-14-20-21(24-15-19)27(17-25-20)16-18-6-2-1-3-7-18/h1-3,6-7,14-15,17H,4-5,8-13,16H2. The van der Waals surface area contributed by atoms with E-state index in [4.69, 9.17) is 4.74 Å². The van der Waals surface area contributed by atoms with Crippen LogP contribution in [0.2, 0.25) is 0 Å². The van der Waals surface area contributed by atoms with Crippen LogP contribution in [0, 0.1) is 0 Å². The molecule has 0 N–H and O–H groups in total. The van der Waals surface area contributed by atoms with Gasteiger partial charge < -0.3 is 14.2 Å². The van der Waals surface area contributed by atoms with Crippen LogP contribution in [0.5, 0.6) is 0 Å². The summed E-state index contributed by atoms with van der Waals surface area (Å²) in [5.74, 6) is 0.0441. The highest BCUT2D eigenvalue weighted by Crippen LogP contribution is 2.35. The SMILES string of the molecule is O=C(c1cnc2c(c1)ncn2Cc1ccccc1)N1CCC2(CCCCO2)CC1. The average molecular weight is 390 g/mol. The molecule has 150 valence electrons. The number of likely N-dealkylation sites (tertiary alicyclic amines) is 1. The summed E-state index contributed by atoms with van der Waals surface area (Å²) in [6.07, 6.45) is 8.87. The Hall–Kier alpha value is -2.73. The number of amides is 1. The monoisotopic (exact) mass is 390 g/mol. The van der Waals surface area contributed by atoms with Gasteiger partial charge in [0.1, 0.15) is 5.52 Å². The zero-order valence-electron chi connectivity index (χ0n) is 16.6. The molecule has 29 heavy (non-hydrogen) atoms. The van der Waals surface area contributed by atoms with E-state index in [2.05, 4.69) is 22.1 Å². The van der Waals surface area contributed by atoms with Gasteiger partial charge in [-0.3, -0.25) is 4.79 Å². The minimum absolute atomic E-state index is 0.00739. The van der Waals surface area contributed by atoms with Gasteiger partial charge in [-0.2, -0.15) is 0 Å². The van der Waals surface area contributed by atoms with Crippen molar-refractivity contribution in [2.75, 3.05) is 19.7 Å². The molecule has 1 spiro atoms. The first-order valence-electron chi connectivity index (χ1n) is 10.5.